The van der Waals surface area contributed by atoms with Crippen LogP contribution in [-0.4, -0.2) is 22.4 Å². The van der Waals surface area contributed by atoms with Gasteiger partial charge in [0, 0.05) is 18.4 Å². The highest BCUT2D eigenvalue weighted by atomic mass is 15.3. The van der Waals surface area contributed by atoms with E-state index < -0.39 is 0 Å². The molecule has 0 saturated carbocycles. The van der Waals surface area contributed by atoms with E-state index in [4.69, 9.17) is 0 Å². The average molecular weight is 181 g/mol. The fourth-order valence-electron chi connectivity index (χ4n) is 1.29. The second kappa shape index (κ2) is 5.02. The molecule has 0 spiro atoms. The molecule has 2 atom stereocenters. The smallest absolute Gasteiger partial charge is 0.0641 e. The van der Waals surface area contributed by atoms with Crippen LogP contribution in [0, 0.1) is 0 Å². The summed E-state index contributed by atoms with van der Waals surface area (Å²) in [5.74, 6) is 0. The molecular weight excluding hydrogens is 162 g/mol. The minimum Gasteiger partial charge on any atom is -0.312 e. The first-order valence-electron chi connectivity index (χ1n) is 4.98. The summed E-state index contributed by atoms with van der Waals surface area (Å²) in [4.78, 5) is 0. The van der Waals surface area contributed by atoms with Gasteiger partial charge in [-0.3, -0.25) is 4.68 Å². The lowest BCUT2D eigenvalue weighted by Crippen LogP contribution is -2.34. The van der Waals surface area contributed by atoms with E-state index in [1.54, 1.807) is 0 Å². The lowest BCUT2D eigenvalue weighted by molar-refractivity contribution is 0.367. The van der Waals surface area contributed by atoms with Crippen molar-refractivity contribution in [3.05, 3.63) is 18.5 Å². The molecule has 3 nitrogen and oxygen atoms in total. The third kappa shape index (κ3) is 2.84. The van der Waals surface area contributed by atoms with Crippen LogP contribution in [0.4, 0.5) is 0 Å². The van der Waals surface area contributed by atoms with E-state index in [0.717, 1.165) is 6.54 Å². The second-order valence-electron chi connectivity index (χ2n) is 3.47. The van der Waals surface area contributed by atoms with Crippen LogP contribution < -0.4 is 5.32 Å². The molecular formula is C10H19N3. The zero-order valence-corrected chi connectivity index (χ0v) is 8.70. The van der Waals surface area contributed by atoms with Gasteiger partial charge in [-0.15, -0.1) is 0 Å². The Hall–Kier alpha value is -0.830. The van der Waals surface area contributed by atoms with Crippen molar-refractivity contribution in [2.45, 2.75) is 39.3 Å². The Morgan fingerprint density at radius 3 is 2.77 bits per heavy atom. The quantitative estimate of drug-likeness (QED) is 0.751. The van der Waals surface area contributed by atoms with Crippen molar-refractivity contribution in [3.8, 4) is 0 Å². The van der Waals surface area contributed by atoms with Crippen molar-refractivity contribution in [3.63, 3.8) is 0 Å². The largest absolute Gasteiger partial charge is 0.312 e. The van der Waals surface area contributed by atoms with Crippen LogP contribution in [0.2, 0.25) is 0 Å². The molecule has 0 aliphatic carbocycles. The van der Waals surface area contributed by atoms with Gasteiger partial charge in [-0.05, 0) is 32.9 Å². The van der Waals surface area contributed by atoms with Crippen LogP contribution in [0.15, 0.2) is 18.5 Å². The Kier molecular flexibility index (Phi) is 3.96. The summed E-state index contributed by atoms with van der Waals surface area (Å²) in [6.45, 7) is 7.63. The molecule has 0 aliphatic heterocycles. The van der Waals surface area contributed by atoms with Crippen molar-refractivity contribution < 1.29 is 0 Å². The molecule has 1 rings (SSSR count). The summed E-state index contributed by atoms with van der Waals surface area (Å²) < 4.78 is 1.99. The molecule has 0 fully saturated rings. The number of nitrogens with zero attached hydrogens (tertiary/aromatic N) is 2. The highest BCUT2D eigenvalue weighted by molar-refractivity contribution is 4.83. The first kappa shape index (κ1) is 10.3. The Morgan fingerprint density at radius 1 is 1.46 bits per heavy atom. The van der Waals surface area contributed by atoms with E-state index in [2.05, 4.69) is 31.2 Å². The van der Waals surface area contributed by atoms with Crippen LogP contribution in [0.5, 0.6) is 0 Å². The maximum absolute atomic E-state index is 4.22. The minimum absolute atomic E-state index is 0.418. The summed E-state index contributed by atoms with van der Waals surface area (Å²) in [6.07, 6.45) is 5.01. The second-order valence-corrected chi connectivity index (χ2v) is 3.47. The van der Waals surface area contributed by atoms with Gasteiger partial charge in [0.1, 0.15) is 0 Å². The van der Waals surface area contributed by atoms with E-state index in [9.17, 15) is 0 Å². The zero-order chi connectivity index (χ0) is 9.68. The molecule has 1 N–H and O–H groups in total. The van der Waals surface area contributed by atoms with Crippen LogP contribution in [-0.2, 0) is 0 Å². The molecule has 1 aromatic rings. The Labute approximate surface area is 80.1 Å². The third-order valence-electron chi connectivity index (χ3n) is 2.38. The lowest BCUT2D eigenvalue weighted by Gasteiger charge is -2.21. The van der Waals surface area contributed by atoms with Crippen molar-refractivity contribution in [2.75, 3.05) is 6.54 Å². The van der Waals surface area contributed by atoms with Crippen LogP contribution in [0.1, 0.15) is 33.2 Å². The van der Waals surface area contributed by atoms with Gasteiger partial charge in [-0.1, -0.05) is 6.92 Å². The van der Waals surface area contributed by atoms with Gasteiger partial charge in [0.2, 0.25) is 0 Å². The van der Waals surface area contributed by atoms with Gasteiger partial charge in [-0.25, -0.2) is 0 Å². The molecule has 0 saturated heterocycles. The highest BCUT2D eigenvalue weighted by Gasteiger charge is 2.12. The summed E-state index contributed by atoms with van der Waals surface area (Å²) in [5, 5.41) is 7.68. The number of nitrogens with one attached hydrogen (secondary N) is 1. The van der Waals surface area contributed by atoms with E-state index in [1.165, 1.54) is 6.42 Å². The topological polar surface area (TPSA) is 29.9 Å². The number of aromatic nitrogens is 2. The predicted molar refractivity (Wildman–Crippen MR) is 54.7 cm³/mol. The van der Waals surface area contributed by atoms with Gasteiger partial charge < -0.3 is 5.32 Å². The van der Waals surface area contributed by atoms with Gasteiger partial charge in [0.25, 0.3) is 0 Å². The maximum atomic E-state index is 4.22. The van der Waals surface area contributed by atoms with Crippen LogP contribution in [0.3, 0.4) is 0 Å². The van der Waals surface area contributed by atoms with E-state index in [-0.39, 0.29) is 0 Å². The van der Waals surface area contributed by atoms with E-state index in [0.29, 0.717) is 12.1 Å². The Balaban J connectivity index is 2.43. The normalized spacial score (nSPS) is 15.6. The van der Waals surface area contributed by atoms with Gasteiger partial charge in [-0.2, -0.15) is 5.10 Å². The summed E-state index contributed by atoms with van der Waals surface area (Å²) in [7, 11) is 0. The van der Waals surface area contributed by atoms with Gasteiger partial charge in [0.15, 0.2) is 0 Å². The van der Waals surface area contributed by atoms with Crippen molar-refractivity contribution >= 4 is 0 Å². The molecule has 0 amide bonds. The maximum Gasteiger partial charge on any atom is 0.0641 e. The summed E-state index contributed by atoms with van der Waals surface area (Å²) in [6, 6.07) is 2.85. The molecule has 1 aromatic heterocycles. The predicted octanol–water partition coefficient (Wildman–Crippen LogP) is 1.83. The fourth-order valence-corrected chi connectivity index (χ4v) is 1.29. The van der Waals surface area contributed by atoms with Gasteiger partial charge >= 0.3 is 0 Å². The molecule has 2 unspecified atom stereocenters. The first-order valence-corrected chi connectivity index (χ1v) is 4.98. The Morgan fingerprint density at radius 2 is 2.23 bits per heavy atom. The van der Waals surface area contributed by atoms with Crippen molar-refractivity contribution in [1.82, 2.24) is 15.1 Å². The fraction of sp³-hybridized carbons (Fsp3) is 0.700. The van der Waals surface area contributed by atoms with E-state index in [1.807, 2.05) is 23.1 Å². The molecule has 0 aliphatic rings. The summed E-state index contributed by atoms with van der Waals surface area (Å²) in [5.41, 5.74) is 0. The molecule has 1 heterocycles. The van der Waals surface area contributed by atoms with Crippen molar-refractivity contribution in [1.29, 1.82) is 0 Å². The average Bonchev–Trinajstić information content (AvgIpc) is 2.65. The van der Waals surface area contributed by atoms with Crippen LogP contribution in [0.25, 0.3) is 0 Å². The van der Waals surface area contributed by atoms with E-state index >= 15 is 0 Å². The van der Waals surface area contributed by atoms with Crippen LogP contribution >= 0.6 is 0 Å². The van der Waals surface area contributed by atoms with Crippen molar-refractivity contribution in [2.24, 2.45) is 0 Å². The number of hydrogen-bond acceptors (Lipinski definition) is 2. The first-order chi connectivity index (χ1) is 6.25. The third-order valence-corrected chi connectivity index (χ3v) is 2.38. The molecule has 0 radical (unpaired) electrons. The lowest BCUT2D eigenvalue weighted by atomic mass is 10.2. The zero-order valence-electron chi connectivity index (χ0n) is 8.70. The molecule has 3 heteroatoms. The number of rotatable bonds is 5. The highest BCUT2D eigenvalue weighted by Crippen LogP contribution is 2.08. The standard InChI is InChI=1S/C10H19N3/c1-4-6-11-9(2)10(3)13-8-5-7-12-13/h5,7-11H,4,6H2,1-3H3. The summed E-state index contributed by atoms with van der Waals surface area (Å²) >= 11 is 0. The van der Waals surface area contributed by atoms with Gasteiger partial charge in [0.05, 0.1) is 6.04 Å². The SMILES string of the molecule is CCCNC(C)C(C)n1cccn1. The molecule has 13 heavy (non-hydrogen) atoms. The molecule has 0 bridgehead atoms. The number of hydrogen-bond donors (Lipinski definition) is 1. The minimum atomic E-state index is 0.418. The molecule has 0 aromatic carbocycles. The Bertz CT molecular complexity index is 218. The monoisotopic (exact) mass is 181 g/mol. The molecule has 74 valence electrons.